The van der Waals surface area contributed by atoms with E-state index in [1.54, 1.807) is 0 Å². The Labute approximate surface area is 108 Å². The van der Waals surface area contributed by atoms with Crippen molar-refractivity contribution in [3.05, 3.63) is 5.69 Å². The second-order valence-corrected chi connectivity index (χ2v) is 6.23. The minimum Gasteiger partial charge on any atom is -0.341 e. The van der Waals surface area contributed by atoms with Gasteiger partial charge in [-0.1, -0.05) is 0 Å². The van der Waals surface area contributed by atoms with Gasteiger partial charge in [0.2, 0.25) is 5.91 Å². The summed E-state index contributed by atoms with van der Waals surface area (Å²) in [5.74, 6) is 1.95. The fourth-order valence-electron chi connectivity index (χ4n) is 2.61. The summed E-state index contributed by atoms with van der Waals surface area (Å²) < 4.78 is 13.5. The van der Waals surface area contributed by atoms with Crippen LogP contribution < -0.4 is 10.2 Å². The number of rotatable bonds is 1. The van der Waals surface area contributed by atoms with E-state index in [2.05, 4.69) is 15.3 Å². The summed E-state index contributed by atoms with van der Waals surface area (Å²) in [6.07, 6.45) is 0. The van der Waals surface area contributed by atoms with Gasteiger partial charge in [0, 0.05) is 29.6 Å². The van der Waals surface area contributed by atoms with Gasteiger partial charge in [0.1, 0.15) is 11.7 Å². The van der Waals surface area contributed by atoms with Gasteiger partial charge in [0.15, 0.2) is 5.82 Å². The first-order valence-electron chi connectivity index (χ1n) is 6.11. The number of hydrogen-bond donors (Lipinski definition) is 1. The van der Waals surface area contributed by atoms with Crippen molar-refractivity contribution in [1.29, 1.82) is 0 Å². The molecule has 3 heterocycles. The molecule has 1 aromatic rings. The number of nitrogens with zero attached hydrogens (tertiary/aromatic N) is 3. The van der Waals surface area contributed by atoms with Gasteiger partial charge < -0.3 is 10.2 Å². The number of carbonyl (C=O) groups excluding carboxylic acids is 1. The van der Waals surface area contributed by atoms with Gasteiger partial charge in [-0.3, -0.25) is 9.00 Å². The lowest BCUT2D eigenvalue weighted by Gasteiger charge is -2.39. The molecule has 7 heteroatoms. The average Bonchev–Trinajstić information content (AvgIpc) is 2.67. The third-order valence-corrected chi connectivity index (χ3v) is 4.83. The zero-order valence-corrected chi connectivity index (χ0v) is 11.3. The molecule has 6 nitrogen and oxygen atoms in total. The van der Waals surface area contributed by atoms with Crippen LogP contribution in [0.3, 0.4) is 0 Å². The highest BCUT2D eigenvalue weighted by Crippen LogP contribution is 2.36. The summed E-state index contributed by atoms with van der Waals surface area (Å²) >= 11 is 0. The van der Waals surface area contributed by atoms with Crippen LogP contribution in [0.2, 0.25) is 0 Å². The van der Waals surface area contributed by atoms with Crippen molar-refractivity contribution in [1.82, 2.24) is 9.78 Å². The lowest BCUT2D eigenvalue weighted by atomic mass is 10.1. The van der Waals surface area contributed by atoms with Crippen LogP contribution in [0.5, 0.6) is 0 Å². The van der Waals surface area contributed by atoms with Gasteiger partial charge in [0.05, 0.1) is 11.4 Å². The standard InChI is InChI=1S/C11H16N4O2S/c1-3-15-11-9(7(2)13-15)12-10(16)8-6-18(17)5-4-14(8)11/h8H,3-6H2,1-2H3,(H,12,16). The molecule has 1 fully saturated rings. The molecule has 0 aliphatic carbocycles. The largest absolute Gasteiger partial charge is 0.341 e. The molecule has 1 N–H and O–H groups in total. The zero-order valence-electron chi connectivity index (χ0n) is 10.5. The number of anilines is 2. The van der Waals surface area contributed by atoms with Crippen LogP contribution in [0.4, 0.5) is 11.5 Å². The quantitative estimate of drug-likeness (QED) is 0.784. The van der Waals surface area contributed by atoms with Gasteiger partial charge in [-0.25, -0.2) is 4.68 Å². The van der Waals surface area contributed by atoms with Crippen molar-refractivity contribution in [2.75, 3.05) is 28.3 Å². The van der Waals surface area contributed by atoms with Crippen LogP contribution in [0.25, 0.3) is 0 Å². The molecule has 0 aromatic carbocycles. The smallest absolute Gasteiger partial charge is 0.248 e. The maximum atomic E-state index is 12.1. The van der Waals surface area contributed by atoms with E-state index in [1.165, 1.54) is 0 Å². The summed E-state index contributed by atoms with van der Waals surface area (Å²) in [6.45, 7) is 5.34. The topological polar surface area (TPSA) is 67.2 Å². The molecule has 1 saturated heterocycles. The first-order chi connectivity index (χ1) is 8.61. The third kappa shape index (κ3) is 1.57. The van der Waals surface area contributed by atoms with E-state index in [0.717, 1.165) is 23.7 Å². The van der Waals surface area contributed by atoms with E-state index in [9.17, 15) is 9.00 Å². The Morgan fingerprint density at radius 1 is 1.56 bits per heavy atom. The number of carbonyl (C=O) groups is 1. The molecule has 1 aromatic heterocycles. The summed E-state index contributed by atoms with van der Waals surface area (Å²) in [5, 5.41) is 7.34. The summed E-state index contributed by atoms with van der Waals surface area (Å²) in [6, 6.07) is -0.312. The van der Waals surface area contributed by atoms with Crippen molar-refractivity contribution in [2.45, 2.75) is 26.4 Å². The van der Waals surface area contributed by atoms with Crippen molar-refractivity contribution < 1.29 is 9.00 Å². The normalized spacial score (nSPS) is 26.6. The van der Waals surface area contributed by atoms with Crippen LogP contribution in [0.15, 0.2) is 0 Å². The number of aryl methyl sites for hydroxylation is 2. The Morgan fingerprint density at radius 2 is 2.33 bits per heavy atom. The molecular formula is C11H16N4O2S. The number of amides is 1. The van der Waals surface area contributed by atoms with Crippen LogP contribution in [-0.2, 0) is 22.1 Å². The SMILES string of the molecule is CCn1nc(C)c2c1N1CCS(=O)CC1C(=O)N2. The van der Waals surface area contributed by atoms with Gasteiger partial charge in [-0.05, 0) is 13.8 Å². The number of aromatic nitrogens is 2. The second kappa shape index (κ2) is 4.08. The maximum Gasteiger partial charge on any atom is 0.248 e. The van der Waals surface area contributed by atoms with Crippen LogP contribution >= 0.6 is 0 Å². The Balaban J connectivity index is 2.10. The number of fused-ring (bicyclic) bond motifs is 3. The molecule has 2 unspecified atom stereocenters. The molecule has 98 valence electrons. The van der Waals surface area contributed by atoms with E-state index in [4.69, 9.17) is 0 Å². The fraction of sp³-hybridized carbons (Fsp3) is 0.636. The minimum absolute atomic E-state index is 0.0608. The maximum absolute atomic E-state index is 12.1. The van der Waals surface area contributed by atoms with Crippen LogP contribution in [0, 0.1) is 6.92 Å². The molecule has 0 spiro atoms. The molecule has 0 radical (unpaired) electrons. The lowest BCUT2D eigenvalue weighted by molar-refractivity contribution is -0.117. The Morgan fingerprint density at radius 3 is 3.06 bits per heavy atom. The molecular weight excluding hydrogens is 252 g/mol. The molecule has 0 saturated carbocycles. The highest BCUT2D eigenvalue weighted by Gasteiger charge is 2.40. The third-order valence-electron chi connectivity index (χ3n) is 3.50. The minimum atomic E-state index is -0.890. The first kappa shape index (κ1) is 11.7. The van der Waals surface area contributed by atoms with E-state index in [-0.39, 0.29) is 11.9 Å². The van der Waals surface area contributed by atoms with E-state index < -0.39 is 10.8 Å². The highest BCUT2D eigenvalue weighted by molar-refractivity contribution is 7.85. The number of nitrogens with one attached hydrogen (secondary N) is 1. The molecule has 2 aliphatic heterocycles. The Kier molecular flexibility index (Phi) is 2.65. The monoisotopic (exact) mass is 268 g/mol. The molecule has 1 amide bonds. The van der Waals surface area contributed by atoms with Gasteiger partial charge in [-0.2, -0.15) is 5.10 Å². The molecule has 3 rings (SSSR count). The predicted octanol–water partition coefficient (Wildman–Crippen LogP) is 0.101. The first-order valence-corrected chi connectivity index (χ1v) is 7.60. The molecule has 2 aliphatic rings. The summed E-state index contributed by atoms with van der Waals surface area (Å²) in [7, 11) is -0.890. The van der Waals surface area contributed by atoms with Gasteiger partial charge >= 0.3 is 0 Å². The van der Waals surface area contributed by atoms with Crippen LogP contribution in [0.1, 0.15) is 12.6 Å². The van der Waals surface area contributed by atoms with Crippen molar-refractivity contribution in [3.8, 4) is 0 Å². The van der Waals surface area contributed by atoms with Crippen molar-refractivity contribution in [3.63, 3.8) is 0 Å². The van der Waals surface area contributed by atoms with Crippen molar-refractivity contribution in [2.24, 2.45) is 0 Å². The van der Waals surface area contributed by atoms with Crippen molar-refractivity contribution >= 4 is 28.2 Å². The fourth-order valence-corrected chi connectivity index (χ4v) is 3.86. The summed E-state index contributed by atoms with van der Waals surface area (Å²) in [5.41, 5.74) is 1.65. The Hall–Kier alpha value is -1.37. The summed E-state index contributed by atoms with van der Waals surface area (Å²) in [4.78, 5) is 14.1. The van der Waals surface area contributed by atoms with Crippen LogP contribution in [-0.4, -0.2) is 44.0 Å². The average molecular weight is 268 g/mol. The van der Waals surface area contributed by atoms with Gasteiger partial charge in [-0.15, -0.1) is 0 Å². The molecule has 18 heavy (non-hydrogen) atoms. The second-order valence-electron chi connectivity index (χ2n) is 4.61. The lowest BCUT2D eigenvalue weighted by Crippen LogP contribution is -2.56. The Bertz CT molecular complexity index is 539. The zero-order chi connectivity index (χ0) is 12.9. The predicted molar refractivity (Wildman–Crippen MR) is 70.3 cm³/mol. The molecule has 0 bridgehead atoms. The van der Waals surface area contributed by atoms with E-state index >= 15 is 0 Å². The van der Waals surface area contributed by atoms with E-state index in [0.29, 0.717) is 18.1 Å². The molecule has 2 atom stereocenters. The number of hydrogen-bond acceptors (Lipinski definition) is 4. The highest BCUT2D eigenvalue weighted by atomic mass is 32.2. The van der Waals surface area contributed by atoms with Gasteiger partial charge in [0.25, 0.3) is 0 Å². The van der Waals surface area contributed by atoms with E-state index in [1.807, 2.05) is 18.5 Å².